The predicted octanol–water partition coefficient (Wildman–Crippen LogP) is 13.1. The van der Waals surface area contributed by atoms with E-state index in [1.165, 1.54) is 107 Å². The van der Waals surface area contributed by atoms with Gasteiger partial charge in [-0.3, -0.25) is 0 Å². The standard InChI is InChI=1S/C46H56N2/c1-7-8-9-10-11-12-13-20-31-46(4,5)48(45-35(3)33-43-39(28-22-30-41(43)45)37-25-18-15-19-26-37)47(6)44-34(2)32-42-38(27-21-29-40(42)44)36-23-16-14-17-24-36/h14-19,21-30,32-33,44-45H,7-13,20,31H2,1-6H3. The molecule has 2 atom stereocenters. The normalized spacial score (nSPS) is 17.1. The highest BCUT2D eigenvalue weighted by Gasteiger charge is 2.43. The highest BCUT2D eigenvalue weighted by atomic mass is 15.7. The Bertz CT molecular complexity index is 1730. The van der Waals surface area contributed by atoms with Gasteiger partial charge in [-0.1, -0.05) is 168 Å². The van der Waals surface area contributed by atoms with Gasteiger partial charge in [0.2, 0.25) is 0 Å². The van der Waals surface area contributed by atoms with E-state index in [1.807, 2.05) is 0 Å². The van der Waals surface area contributed by atoms with Gasteiger partial charge in [0.05, 0.1) is 12.1 Å². The van der Waals surface area contributed by atoms with Crippen molar-refractivity contribution >= 4 is 12.2 Å². The molecule has 0 bridgehead atoms. The van der Waals surface area contributed by atoms with Crippen LogP contribution in [0, 0.1) is 0 Å². The molecule has 0 N–H and O–H groups in total. The number of benzene rings is 4. The maximum Gasteiger partial charge on any atom is 0.0718 e. The molecule has 250 valence electrons. The summed E-state index contributed by atoms with van der Waals surface area (Å²) in [4.78, 5) is 0. The zero-order valence-electron chi connectivity index (χ0n) is 30.3. The van der Waals surface area contributed by atoms with Crippen LogP contribution < -0.4 is 0 Å². The number of hydrogen-bond acceptors (Lipinski definition) is 2. The summed E-state index contributed by atoms with van der Waals surface area (Å²) in [5.74, 6) is 0. The lowest BCUT2D eigenvalue weighted by Crippen LogP contribution is -2.55. The fourth-order valence-corrected chi connectivity index (χ4v) is 8.52. The van der Waals surface area contributed by atoms with Gasteiger partial charge in [-0.2, -0.15) is 0 Å². The molecule has 2 aliphatic carbocycles. The third-order valence-electron chi connectivity index (χ3n) is 10.9. The van der Waals surface area contributed by atoms with Gasteiger partial charge in [-0.25, -0.2) is 10.0 Å². The Morgan fingerprint density at radius 3 is 1.52 bits per heavy atom. The molecule has 0 heterocycles. The number of hydrogen-bond donors (Lipinski definition) is 0. The SMILES string of the molecule is CCCCCCCCCCC(C)(C)N(C1C(C)=Cc2c(-c3ccccc3)cccc21)N(C)C1C(C)=Cc2c(-c3ccccc3)cccc21. The van der Waals surface area contributed by atoms with Crippen LogP contribution in [0.3, 0.4) is 0 Å². The molecular weight excluding hydrogens is 581 g/mol. The first-order valence-corrected chi connectivity index (χ1v) is 18.6. The molecule has 0 aliphatic heterocycles. The molecule has 0 amide bonds. The van der Waals surface area contributed by atoms with Crippen molar-refractivity contribution in [1.29, 1.82) is 0 Å². The first kappa shape index (κ1) is 34.2. The van der Waals surface area contributed by atoms with E-state index in [-0.39, 0.29) is 17.6 Å². The van der Waals surface area contributed by atoms with Crippen molar-refractivity contribution in [3.05, 3.63) is 130 Å². The van der Waals surface area contributed by atoms with Gasteiger partial charge in [-0.05, 0) is 89.8 Å². The lowest BCUT2D eigenvalue weighted by molar-refractivity contribution is -0.126. The second-order valence-electron chi connectivity index (χ2n) is 14.9. The first-order chi connectivity index (χ1) is 23.3. The van der Waals surface area contributed by atoms with Crippen molar-refractivity contribution in [3.8, 4) is 22.3 Å². The van der Waals surface area contributed by atoms with Crippen LogP contribution in [0.5, 0.6) is 0 Å². The molecular formula is C46H56N2. The number of fused-ring (bicyclic) bond motifs is 2. The van der Waals surface area contributed by atoms with Crippen molar-refractivity contribution in [1.82, 2.24) is 10.0 Å². The highest BCUT2D eigenvalue weighted by Crippen LogP contribution is 2.50. The second kappa shape index (κ2) is 15.2. The molecule has 6 rings (SSSR count). The number of nitrogens with zero attached hydrogens (tertiary/aromatic N) is 2. The van der Waals surface area contributed by atoms with Crippen molar-refractivity contribution in [2.75, 3.05) is 7.05 Å². The third kappa shape index (κ3) is 7.02. The largest absolute Gasteiger partial charge is 0.232 e. The molecule has 2 nitrogen and oxygen atoms in total. The smallest absolute Gasteiger partial charge is 0.0718 e. The number of rotatable bonds is 15. The summed E-state index contributed by atoms with van der Waals surface area (Å²) in [6, 6.07) is 36.0. The van der Waals surface area contributed by atoms with E-state index < -0.39 is 0 Å². The zero-order chi connectivity index (χ0) is 33.7. The van der Waals surface area contributed by atoms with Gasteiger partial charge in [0.25, 0.3) is 0 Å². The van der Waals surface area contributed by atoms with Crippen molar-refractivity contribution < 1.29 is 0 Å². The van der Waals surface area contributed by atoms with Crippen LogP contribution >= 0.6 is 0 Å². The predicted molar refractivity (Wildman–Crippen MR) is 207 cm³/mol. The maximum atomic E-state index is 2.77. The summed E-state index contributed by atoms with van der Waals surface area (Å²) in [5, 5.41) is 5.39. The fraction of sp³-hybridized carbons (Fsp3) is 0.391. The minimum absolute atomic E-state index is 0.0544. The molecule has 2 aliphatic rings. The molecule has 48 heavy (non-hydrogen) atoms. The summed E-state index contributed by atoms with van der Waals surface area (Å²) >= 11 is 0. The molecule has 0 saturated heterocycles. The van der Waals surface area contributed by atoms with Crippen molar-refractivity contribution in [2.45, 2.75) is 110 Å². The van der Waals surface area contributed by atoms with Crippen molar-refractivity contribution in [2.24, 2.45) is 0 Å². The number of hydrazine groups is 1. The summed E-state index contributed by atoms with van der Waals surface area (Å²) in [6.45, 7) is 12.0. The monoisotopic (exact) mass is 636 g/mol. The summed E-state index contributed by atoms with van der Waals surface area (Å²) in [5.41, 5.74) is 13.5. The molecule has 2 unspecified atom stereocenters. The highest BCUT2D eigenvalue weighted by molar-refractivity contribution is 5.83. The van der Waals surface area contributed by atoms with E-state index in [2.05, 4.69) is 161 Å². The average molecular weight is 637 g/mol. The number of unbranched alkanes of at least 4 members (excludes halogenated alkanes) is 7. The van der Waals surface area contributed by atoms with Gasteiger partial charge < -0.3 is 0 Å². The van der Waals surface area contributed by atoms with Crippen LogP contribution in [-0.2, 0) is 0 Å². The number of likely N-dealkylation sites (N-methyl/N-ethyl adjacent to an activating group) is 1. The third-order valence-corrected chi connectivity index (χ3v) is 10.9. The zero-order valence-corrected chi connectivity index (χ0v) is 30.3. The lowest BCUT2D eigenvalue weighted by atomic mass is 9.89. The van der Waals surface area contributed by atoms with E-state index >= 15 is 0 Å². The fourth-order valence-electron chi connectivity index (χ4n) is 8.52. The van der Waals surface area contributed by atoms with Gasteiger partial charge in [-0.15, -0.1) is 0 Å². The molecule has 4 aromatic carbocycles. The van der Waals surface area contributed by atoms with Gasteiger partial charge >= 0.3 is 0 Å². The summed E-state index contributed by atoms with van der Waals surface area (Å²) < 4.78 is 0. The molecule has 2 heteroatoms. The van der Waals surface area contributed by atoms with Crippen LogP contribution in [0.4, 0.5) is 0 Å². The second-order valence-corrected chi connectivity index (χ2v) is 14.9. The Morgan fingerprint density at radius 1 is 0.542 bits per heavy atom. The minimum atomic E-state index is -0.0544. The van der Waals surface area contributed by atoms with E-state index in [9.17, 15) is 0 Å². The maximum absolute atomic E-state index is 2.77. The van der Waals surface area contributed by atoms with Gasteiger partial charge in [0.1, 0.15) is 0 Å². The van der Waals surface area contributed by atoms with E-state index in [1.54, 1.807) is 0 Å². The van der Waals surface area contributed by atoms with Gasteiger partial charge in [0.15, 0.2) is 0 Å². The molecule has 0 fully saturated rings. The van der Waals surface area contributed by atoms with Crippen LogP contribution in [0.1, 0.15) is 127 Å². The Balaban J connectivity index is 1.35. The van der Waals surface area contributed by atoms with E-state index in [0.717, 1.165) is 6.42 Å². The Labute approximate surface area is 291 Å². The first-order valence-electron chi connectivity index (χ1n) is 18.6. The van der Waals surface area contributed by atoms with Crippen LogP contribution in [0.2, 0.25) is 0 Å². The Kier molecular flexibility index (Phi) is 10.8. The van der Waals surface area contributed by atoms with Crippen molar-refractivity contribution in [3.63, 3.8) is 0 Å². The lowest BCUT2D eigenvalue weighted by Gasteiger charge is -2.51. The summed E-state index contributed by atoms with van der Waals surface area (Å²) in [7, 11) is 2.36. The van der Waals surface area contributed by atoms with E-state index in [0.29, 0.717) is 0 Å². The van der Waals surface area contributed by atoms with Crippen LogP contribution in [-0.4, -0.2) is 22.6 Å². The molecule has 0 radical (unpaired) electrons. The van der Waals surface area contributed by atoms with Crippen LogP contribution in [0.25, 0.3) is 34.4 Å². The molecule has 0 saturated carbocycles. The topological polar surface area (TPSA) is 6.48 Å². The quantitative estimate of drug-likeness (QED) is 0.0946. The van der Waals surface area contributed by atoms with Crippen LogP contribution in [0.15, 0.2) is 108 Å². The molecule has 0 spiro atoms. The Hall–Kier alpha value is -3.72. The average Bonchev–Trinajstić information content (AvgIpc) is 3.61. The molecule has 0 aromatic heterocycles. The van der Waals surface area contributed by atoms with E-state index in [4.69, 9.17) is 0 Å². The molecule has 4 aromatic rings. The Morgan fingerprint density at radius 2 is 1.00 bits per heavy atom. The summed E-state index contributed by atoms with van der Waals surface area (Å²) in [6.07, 6.45) is 16.8. The van der Waals surface area contributed by atoms with Gasteiger partial charge in [0, 0.05) is 12.6 Å². The minimum Gasteiger partial charge on any atom is -0.232 e.